The third-order valence-electron chi connectivity index (χ3n) is 3.98. The highest BCUT2D eigenvalue weighted by molar-refractivity contribution is 5.81. The predicted molar refractivity (Wildman–Crippen MR) is 81.0 cm³/mol. The number of benzene rings is 1. The van der Waals surface area contributed by atoms with Gasteiger partial charge in [-0.25, -0.2) is 4.39 Å². The van der Waals surface area contributed by atoms with Gasteiger partial charge in [-0.1, -0.05) is 12.1 Å². The van der Waals surface area contributed by atoms with E-state index in [1.54, 1.807) is 12.1 Å². The summed E-state index contributed by atoms with van der Waals surface area (Å²) in [5.74, 6) is -0.377. The predicted octanol–water partition coefficient (Wildman–Crippen LogP) is 1.21. The molecule has 1 atom stereocenters. The average molecular weight is 316 g/mol. The molecule has 0 saturated carbocycles. The van der Waals surface area contributed by atoms with Crippen LogP contribution in [0.15, 0.2) is 30.3 Å². The molecule has 1 amide bonds. The first-order valence-corrected chi connectivity index (χ1v) is 7.27. The van der Waals surface area contributed by atoms with E-state index in [9.17, 15) is 9.18 Å². The first kappa shape index (κ1) is 15.4. The number of rotatable bonds is 4. The first-order valence-electron chi connectivity index (χ1n) is 7.27. The molecule has 0 saturated heterocycles. The van der Waals surface area contributed by atoms with Gasteiger partial charge in [0.25, 0.3) is 0 Å². The van der Waals surface area contributed by atoms with Crippen molar-refractivity contribution in [2.45, 2.75) is 19.0 Å². The highest BCUT2D eigenvalue weighted by Crippen LogP contribution is 2.28. The van der Waals surface area contributed by atoms with E-state index in [-0.39, 0.29) is 5.82 Å². The Morgan fingerprint density at radius 2 is 2.09 bits per heavy atom. The van der Waals surface area contributed by atoms with E-state index >= 15 is 0 Å². The van der Waals surface area contributed by atoms with Gasteiger partial charge in [0.15, 0.2) is 0 Å². The van der Waals surface area contributed by atoms with Gasteiger partial charge in [0.05, 0.1) is 12.8 Å². The number of carbonyl (C=O) groups excluding carboxylic acids is 1. The van der Waals surface area contributed by atoms with Gasteiger partial charge in [0.2, 0.25) is 11.8 Å². The van der Waals surface area contributed by atoms with Crippen molar-refractivity contribution in [2.24, 2.45) is 5.73 Å². The number of aromatic nitrogens is 2. The van der Waals surface area contributed by atoms with Crippen molar-refractivity contribution in [2.75, 3.05) is 13.7 Å². The fourth-order valence-electron chi connectivity index (χ4n) is 2.85. The molecule has 2 aromatic rings. The lowest BCUT2D eigenvalue weighted by Crippen LogP contribution is -2.41. The maximum absolute atomic E-state index is 13.1. The maximum atomic E-state index is 13.1. The highest BCUT2D eigenvalue weighted by Gasteiger charge is 2.29. The van der Waals surface area contributed by atoms with Crippen LogP contribution < -0.4 is 10.5 Å². The molecule has 0 bridgehead atoms. The zero-order valence-corrected chi connectivity index (χ0v) is 12.7. The second kappa shape index (κ2) is 6.29. The molecule has 0 aliphatic carbocycles. The monoisotopic (exact) mass is 316 g/mol. The summed E-state index contributed by atoms with van der Waals surface area (Å²) in [4.78, 5) is 13.9. The Balaban J connectivity index is 1.89. The Morgan fingerprint density at radius 3 is 2.74 bits per heavy atom. The quantitative estimate of drug-likeness (QED) is 0.917. The van der Waals surface area contributed by atoms with Crippen LogP contribution >= 0.6 is 0 Å². The van der Waals surface area contributed by atoms with Crippen molar-refractivity contribution in [3.8, 4) is 5.88 Å². The van der Waals surface area contributed by atoms with Gasteiger partial charge in [0.1, 0.15) is 11.9 Å². The number of methoxy groups -OCH3 is 1. The molecule has 1 aromatic carbocycles. The molecular weight excluding hydrogens is 299 g/mol. The van der Waals surface area contributed by atoms with Crippen LogP contribution in [0.25, 0.3) is 0 Å². The molecule has 1 unspecified atom stereocenters. The summed E-state index contributed by atoms with van der Waals surface area (Å²) in [6, 6.07) is 7.05. The van der Waals surface area contributed by atoms with Crippen molar-refractivity contribution in [3.05, 3.63) is 53.0 Å². The molecule has 0 fully saturated rings. The number of hydrogen-bond acceptors (Lipinski definition) is 5. The van der Waals surface area contributed by atoms with Gasteiger partial charge in [-0.05, 0) is 23.3 Å². The van der Waals surface area contributed by atoms with Crippen molar-refractivity contribution in [1.29, 1.82) is 0 Å². The maximum Gasteiger partial charge on any atom is 0.239 e. The smallest absolute Gasteiger partial charge is 0.239 e. The van der Waals surface area contributed by atoms with E-state index in [1.165, 1.54) is 19.2 Å². The van der Waals surface area contributed by atoms with Crippen LogP contribution in [0.3, 0.4) is 0 Å². The number of nitrogens with two attached hydrogens (primary N) is 1. The van der Waals surface area contributed by atoms with Gasteiger partial charge in [-0.2, -0.15) is 5.10 Å². The largest absolute Gasteiger partial charge is 0.480 e. The zero-order chi connectivity index (χ0) is 16.4. The Bertz CT molecular complexity index is 721. The molecule has 6 nitrogen and oxygen atoms in total. The number of hydrogen-bond donors (Lipinski definition) is 1. The summed E-state index contributed by atoms with van der Waals surface area (Å²) < 4.78 is 18.2. The van der Waals surface area contributed by atoms with Crippen LogP contribution in [-0.2, 0) is 17.8 Å². The molecule has 3 rings (SSSR count). The van der Waals surface area contributed by atoms with Gasteiger partial charge in [-0.3, -0.25) is 9.69 Å². The van der Waals surface area contributed by atoms with Gasteiger partial charge < -0.3 is 10.5 Å². The van der Waals surface area contributed by atoms with Crippen LogP contribution in [0.1, 0.15) is 22.9 Å². The van der Waals surface area contributed by atoms with Gasteiger partial charge in [0, 0.05) is 25.6 Å². The lowest BCUT2D eigenvalue weighted by molar-refractivity contribution is -0.123. The second-order valence-corrected chi connectivity index (χ2v) is 5.44. The summed E-state index contributed by atoms with van der Waals surface area (Å²) in [6.07, 6.45) is 0.664. The van der Waals surface area contributed by atoms with Crippen molar-refractivity contribution >= 4 is 5.91 Å². The lowest BCUT2D eigenvalue weighted by atomic mass is 9.99. The van der Waals surface area contributed by atoms with E-state index in [0.29, 0.717) is 31.0 Å². The standard InChI is InChI=1S/C16H17FN4O2/c1-23-14-8-11-9-21(7-6-13(11)19-20-14)15(16(18)22)10-2-4-12(17)5-3-10/h2-5,8,15H,6-7,9H2,1H3,(H2,18,22). The van der Waals surface area contributed by atoms with Crippen molar-refractivity contribution in [3.63, 3.8) is 0 Å². The fourth-order valence-corrected chi connectivity index (χ4v) is 2.85. The SMILES string of the molecule is COc1cc2c(nn1)CCN(C(C(N)=O)c1ccc(F)cc1)C2. The van der Waals surface area contributed by atoms with Crippen molar-refractivity contribution < 1.29 is 13.9 Å². The lowest BCUT2D eigenvalue weighted by Gasteiger charge is -2.33. The molecule has 120 valence electrons. The van der Waals surface area contributed by atoms with Gasteiger partial charge in [-0.15, -0.1) is 5.10 Å². The Kier molecular flexibility index (Phi) is 4.20. The number of fused-ring (bicyclic) bond motifs is 1. The molecule has 23 heavy (non-hydrogen) atoms. The molecule has 2 heterocycles. The number of primary amides is 1. The molecule has 1 aliphatic rings. The Labute approximate surface area is 133 Å². The van der Waals surface area contributed by atoms with E-state index < -0.39 is 11.9 Å². The molecular formula is C16H17FN4O2. The number of nitrogens with zero attached hydrogens (tertiary/aromatic N) is 3. The van der Waals surface area contributed by atoms with Crippen LogP contribution in [0.4, 0.5) is 4.39 Å². The van der Waals surface area contributed by atoms with Crippen LogP contribution in [-0.4, -0.2) is 34.7 Å². The van der Waals surface area contributed by atoms with Crippen LogP contribution in [0.2, 0.25) is 0 Å². The normalized spacial score (nSPS) is 15.7. The minimum Gasteiger partial charge on any atom is -0.480 e. The summed E-state index contributed by atoms with van der Waals surface area (Å²) in [6.45, 7) is 1.13. The molecule has 1 aliphatic heterocycles. The number of amides is 1. The average Bonchev–Trinajstić information content (AvgIpc) is 2.56. The number of ether oxygens (including phenoxy) is 1. The Morgan fingerprint density at radius 1 is 1.35 bits per heavy atom. The molecule has 0 spiro atoms. The highest BCUT2D eigenvalue weighted by atomic mass is 19.1. The van der Waals surface area contributed by atoms with Crippen molar-refractivity contribution in [1.82, 2.24) is 15.1 Å². The second-order valence-electron chi connectivity index (χ2n) is 5.44. The summed E-state index contributed by atoms with van der Waals surface area (Å²) >= 11 is 0. The number of carbonyl (C=O) groups is 1. The van der Waals surface area contributed by atoms with Crippen LogP contribution in [0, 0.1) is 5.82 Å². The third kappa shape index (κ3) is 3.14. The Hall–Kier alpha value is -2.54. The molecule has 1 aromatic heterocycles. The van der Waals surface area contributed by atoms with E-state index in [0.717, 1.165) is 11.3 Å². The van der Waals surface area contributed by atoms with E-state index in [1.807, 2.05) is 11.0 Å². The molecule has 2 N–H and O–H groups in total. The number of halogens is 1. The van der Waals surface area contributed by atoms with E-state index in [2.05, 4.69) is 10.2 Å². The minimum absolute atomic E-state index is 0.346. The fraction of sp³-hybridized carbons (Fsp3) is 0.312. The zero-order valence-electron chi connectivity index (χ0n) is 12.7. The third-order valence-corrected chi connectivity index (χ3v) is 3.98. The first-order chi connectivity index (χ1) is 11.1. The molecule has 0 radical (unpaired) electrons. The van der Waals surface area contributed by atoms with Gasteiger partial charge >= 0.3 is 0 Å². The van der Waals surface area contributed by atoms with E-state index in [4.69, 9.17) is 10.5 Å². The summed E-state index contributed by atoms with van der Waals surface area (Å²) in [5, 5.41) is 8.10. The summed E-state index contributed by atoms with van der Waals surface area (Å²) in [5.41, 5.74) is 8.11. The van der Waals surface area contributed by atoms with Crippen LogP contribution in [0.5, 0.6) is 5.88 Å². The minimum atomic E-state index is -0.608. The summed E-state index contributed by atoms with van der Waals surface area (Å²) in [7, 11) is 1.53. The molecule has 7 heteroatoms. The topological polar surface area (TPSA) is 81.3 Å².